The average molecular weight is 333 g/mol. The van der Waals surface area contributed by atoms with Crippen LogP contribution in [0, 0.1) is 24.0 Å². The molecule has 7 nitrogen and oxygen atoms in total. The van der Waals surface area contributed by atoms with Gasteiger partial charge in [0.1, 0.15) is 5.00 Å². The Balaban J connectivity index is 2.28. The maximum atomic E-state index is 12.3. The lowest BCUT2D eigenvalue weighted by Gasteiger charge is -2.06. The number of aryl methyl sites for hydroxylation is 1. The molecule has 0 atom stereocenters. The number of benzene rings is 1. The first-order chi connectivity index (χ1) is 10.8. The molecule has 0 fully saturated rings. The SMILES string of the molecule is CNC(=O)c1c(NC(=O)c2ccc([N+](=O)[O-])cc2)sc(C)c1C. The molecule has 8 heteroatoms. The summed E-state index contributed by atoms with van der Waals surface area (Å²) in [5.74, 6) is -0.697. The molecule has 1 aromatic carbocycles. The molecular formula is C15H15N3O4S. The lowest BCUT2D eigenvalue weighted by atomic mass is 10.1. The van der Waals surface area contributed by atoms with E-state index in [1.165, 1.54) is 42.6 Å². The van der Waals surface area contributed by atoms with Crippen molar-refractivity contribution >= 4 is 33.8 Å². The number of non-ortho nitro benzene ring substituents is 1. The van der Waals surface area contributed by atoms with Crippen LogP contribution >= 0.6 is 11.3 Å². The first kappa shape index (κ1) is 16.6. The molecular weight excluding hydrogens is 318 g/mol. The second-order valence-corrected chi connectivity index (χ2v) is 6.05. The van der Waals surface area contributed by atoms with E-state index in [2.05, 4.69) is 10.6 Å². The molecule has 0 spiro atoms. The largest absolute Gasteiger partial charge is 0.355 e. The summed E-state index contributed by atoms with van der Waals surface area (Å²) in [5, 5.41) is 16.3. The zero-order valence-electron chi connectivity index (χ0n) is 12.8. The van der Waals surface area contributed by atoms with Gasteiger partial charge in [-0.2, -0.15) is 0 Å². The molecule has 0 unspecified atom stereocenters. The zero-order valence-corrected chi connectivity index (χ0v) is 13.6. The minimum atomic E-state index is -0.530. The summed E-state index contributed by atoms with van der Waals surface area (Å²) in [5.41, 5.74) is 1.44. The Morgan fingerprint density at radius 2 is 1.74 bits per heavy atom. The van der Waals surface area contributed by atoms with E-state index in [1.54, 1.807) is 0 Å². The molecule has 2 N–H and O–H groups in total. The number of thiophene rings is 1. The molecule has 0 radical (unpaired) electrons. The van der Waals surface area contributed by atoms with Gasteiger partial charge in [-0.1, -0.05) is 0 Å². The fourth-order valence-electron chi connectivity index (χ4n) is 2.02. The highest BCUT2D eigenvalue weighted by atomic mass is 32.1. The fraction of sp³-hybridized carbons (Fsp3) is 0.200. The molecule has 0 aliphatic heterocycles. The number of nitrogens with one attached hydrogen (secondary N) is 2. The molecule has 1 aromatic heterocycles. The number of hydrogen-bond acceptors (Lipinski definition) is 5. The quantitative estimate of drug-likeness (QED) is 0.663. The number of carbonyl (C=O) groups is 2. The van der Waals surface area contributed by atoms with Gasteiger partial charge in [-0.25, -0.2) is 0 Å². The first-order valence-corrected chi connectivity index (χ1v) is 7.54. The molecule has 0 aliphatic rings. The minimum Gasteiger partial charge on any atom is -0.355 e. The van der Waals surface area contributed by atoms with Crippen LogP contribution in [0.3, 0.4) is 0 Å². The maximum absolute atomic E-state index is 12.3. The van der Waals surface area contributed by atoms with E-state index in [0.29, 0.717) is 10.6 Å². The van der Waals surface area contributed by atoms with Crippen molar-refractivity contribution in [2.24, 2.45) is 0 Å². The third-order valence-electron chi connectivity index (χ3n) is 3.41. The molecule has 23 heavy (non-hydrogen) atoms. The van der Waals surface area contributed by atoms with E-state index in [1.807, 2.05) is 13.8 Å². The summed E-state index contributed by atoms with van der Waals surface area (Å²) in [7, 11) is 1.52. The van der Waals surface area contributed by atoms with Crippen molar-refractivity contribution in [2.75, 3.05) is 12.4 Å². The molecule has 2 aromatic rings. The molecule has 2 amide bonds. The van der Waals surface area contributed by atoms with Gasteiger partial charge in [0.2, 0.25) is 0 Å². The van der Waals surface area contributed by atoms with Crippen molar-refractivity contribution in [3.05, 3.63) is 55.9 Å². The van der Waals surface area contributed by atoms with Gasteiger partial charge in [0.05, 0.1) is 10.5 Å². The summed E-state index contributed by atoms with van der Waals surface area (Å²) >= 11 is 1.31. The standard InChI is InChI=1S/C15H15N3O4S/c1-8-9(2)23-15(12(8)14(20)16-3)17-13(19)10-4-6-11(7-5-10)18(21)22/h4-7H,1-3H3,(H,16,20)(H,17,19). The van der Waals surface area contributed by atoms with Crippen molar-refractivity contribution in [1.82, 2.24) is 5.32 Å². The van der Waals surface area contributed by atoms with Crippen LogP contribution < -0.4 is 10.6 Å². The minimum absolute atomic E-state index is 0.0876. The molecule has 0 saturated heterocycles. The normalized spacial score (nSPS) is 10.2. The summed E-state index contributed by atoms with van der Waals surface area (Å²) < 4.78 is 0. The lowest BCUT2D eigenvalue weighted by Crippen LogP contribution is -2.21. The van der Waals surface area contributed by atoms with Gasteiger partial charge in [-0.05, 0) is 31.5 Å². The van der Waals surface area contributed by atoms with Crippen LogP contribution in [0.4, 0.5) is 10.7 Å². The number of anilines is 1. The van der Waals surface area contributed by atoms with Gasteiger partial charge in [0, 0.05) is 29.6 Å². The van der Waals surface area contributed by atoms with Crippen molar-refractivity contribution in [3.63, 3.8) is 0 Å². The number of nitro groups is 1. The molecule has 2 rings (SSSR count). The van der Waals surface area contributed by atoms with E-state index in [0.717, 1.165) is 10.4 Å². The lowest BCUT2D eigenvalue weighted by molar-refractivity contribution is -0.384. The van der Waals surface area contributed by atoms with Crippen LogP contribution in [-0.2, 0) is 0 Å². The highest BCUT2D eigenvalue weighted by molar-refractivity contribution is 7.16. The van der Waals surface area contributed by atoms with Crippen LogP contribution in [0.15, 0.2) is 24.3 Å². The summed E-state index contributed by atoms with van der Waals surface area (Å²) in [6, 6.07) is 5.28. The van der Waals surface area contributed by atoms with Gasteiger partial charge in [0.15, 0.2) is 0 Å². The van der Waals surface area contributed by atoms with Gasteiger partial charge in [0.25, 0.3) is 17.5 Å². The van der Waals surface area contributed by atoms with Crippen LogP contribution in [0.5, 0.6) is 0 Å². The number of rotatable bonds is 4. The summed E-state index contributed by atoms with van der Waals surface area (Å²) in [6.45, 7) is 3.69. The van der Waals surface area contributed by atoms with Gasteiger partial charge in [-0.15, -0.1) is 11.3 Å². The van der Waals surface area contributed by atoms with Crippen LogP contribution in [0.25, 0.3) is 0 Å². The van der Waals surface area contributed by atoms with Crippen LogP contribution in [0.2, 0.25) is 0 Å². The topological polar surface area (TPSA) is 101 Å². The third kappa shape index (κ3) is 3.37. The molecule has 1 heterocycles. The molecule has 0 saturated carbocycles. The summed E-state index contributed by atoms with van der Waals surface area (Å²) in [4.78, 5) is 35.3. The van der Waals surface area contributed by atoms with E-state index >= 15 is 0 Å². The van der Waals surface area contributed by atoms with Gasteiger partial charge < -0.3 is 10.6 Å². The predicted molar refractivity (Wildman–Crippen MR) is 88.2 cm³/mol. The smallest absolute Gasteiger partial charge is 0.269 e. The number of nitrogens with zero attached hydrogens (tertiary/aromatic N) is 1. The van der Waals surface area contributed by atoms with Crippen LogP contribution in [0.1, 0.15) is 31.2 Å². The maximum Gasteiger partial charge on any atom is 0.269 e. The van der Waals surface area contributed by atoms with Gasteiger partial charge in [-0.3, -0.25) is 19.7 Å². The monoisotopic (exact) mass is 333 g/mol. The van der Waals surface area contributed by atoms with Gasteiger partial charge >= 0.3 is 0 Å². The van der Waals surface area contributed by atoms with E-state index in [9.17, 15) is 19.7 Å². The number of hydrogen-bond donors (Lipinski definition) is 2. The van der Waals surface area contributed by atoms with E-state index in [4.69, 9.17) is 0 Å². The van der Waals surface area contributed by atoms with Crippen LogP contribution in [-0.4, -0.2) is 23.8 Å². The second kappa shape index (κ2) is 6.57. The Morgan fingerprint density at radius 3 is 2.26 bits per heavy atom. The second-order valence-electron chi connectivity index (χ2n) is 4.82. The number of carbonyl (C=O) groups excluding carboxylic acids is 2. The molecule has 120 valence electrons. The Labute approximate surface area is 136 Å². The highest BCUT2D eigenvalue weighted by Crippen LogP contribution is 2.32. The van der Waals surface area contributed by atoms with Crippen molar-refractivity contribution in [1.29, 1.82) is 0 Å². The third-order valence-corrected chi connectivity index (χ3v) is 4.53. The van der Waals surface area contributed by atoms with E-state index in [-0.39, 0.29) is 17.2 Å². The number of amides is 2. The van der Waals surface area contributed by atoms with Crippen molar-refractivity contribution in [2.45, 2.75) is 13.8 Å². The first-order valence-electron chi connectivity index (χ1n) is 6.73. The zero-order chi connectivity index (χ0) is 17.1. The molecule has 0 aliphatic carbocycles. The molecule has 0 bridgehead atoms. The average Bonchev–Trinajstić information content (AvgIpc) is 2.81. The fourth-order valence-corrected chi connectivity index (χ4v) is 3.08. The van der Waals surface area contributed by atoms with E-state index < -0.39 is 10.8 Å². The predicted octanol–water partition coefficient (Wildman–Crippen LogP) is 2.89. The Hall–Kier alpha value is -2.74. The van der Waals surface area contributed by atoms with Crippen molar-refractivity contribution < 1.29 is 14.5 Å². The Bertz CT molecular complexity index is 781. The Kier molecular flexibility index (Phi) is 4.75. The Morgan fingerprint density at radius 1 is 1.13 bits per heavy atom. The number of nitro benzene ring substituents is 1. The summed E-state index contributed by atoms with van der Waals surface area (Å²) in [6.07, 6.45) is 0. The van der Waals surface area contributed by atoms with Crippen molar-refractivity contribution in [3.8, 4) is 0 Å². The highest BCUT2D eigenvalue weighted by Gasteiger charge is 2.20.